The van der Waals surface area contributed by atoms with Gasteiger partial charge in [0.1, 0.15) is 11.4 Å². The second-order valence-corrected chi connectivity index (χ2v) is 23.6. The van der Waals surface area contributed by atoms with Gasteiger partial charge in [0.2, 0.25) is 11.4 Å². The summed E-state index contributed by atoms with van der Waals surface area (Å²) in [6, 6.07) is 38.1. The highest BCUT2D eigenvalue weighted by molar-refractivity contribution is 7.63. The van der Waals surface area contributed by atoms with Crippen molar-refractivity contribution in [2.24, 2.45) is 0 Å². The van der Waals surface area contributed by atoms with Crippen LogP contribution in [0.25, 0.3) is 34.2 Å². The number of nitrogens with one attached hydrogen (secondary N) is 4. The number of hydrogen-bond acceptors (Lipinski definition) is 12. The van der Waals surface area contributed by atoms with E-state index in [9.17, 15) is 47.0 Å². The second kappa shape index (κ2) is 25.8. The fraction of sp³-hybridized carbons (Fsp3) is 0. The summed E-state index contributed by atoms with van der Waals surface area (Å²) in [4.78, 5) is 135. The van der Waals surface area contributed by atoms with Gasteiger partial charge in [-0.2, -0.15) is 0 Å². The Bertz CT molecular complexity index is 2700. The maximum absolute atomic E-state index is 10.9. The van der Waals surface area contributed by atoms with Crippen molar-refractivity contribution in [2.45, 2.75) is 0 Å². The molecular formula is C42H42N6O18P6. The first-order chi connectivity index (χ1) is 33.5. The third kappa shape index (κ3) is 19.7. The highest BCUT2D eigenvalue weighted by Crippen LogP contribution is 2.39. The summed E-state index contributed by atoms with van der Waals surface area (Å²) < 4.78 is 65.3. The Balaban J connectivity index is 0.000000197. The summed E-state index contributed by atoms with van der Waals surface area (Å²) in [6.07, 6.45) is 11.2. The molecule has 378 valence electrons. The SMILES string of the molecule is O=P([O-])(O)c1cc(P(=O)([O-])O)cc(P(=O)(O)O)c1.O=P([O-])(O)c1cc(P(=O)([O-])O)cc(P(=O)(O)O)c1.c1ccc(-c2cccc[nH+]2)[nH+]c1.c1ccc(-c2cccc[nH+]2)nc1.c1ccc(-c2cccc[nH+]2)nc1. The maximum atomic E-state index is 10.9. The summed E-state index contributed by atoms with van der Waals surface area (Å²) in [5.41, 5.74) is 6.21. The van der Waals surface area contributed by atoms with Crippen molar-refractivity contribution in [3.05, 3.63) is 183 Å². The van der Waals surface area contributed by atoms with Crippen molar-refractivity contribution >= 4 is 77.4 Å². The lowest BCUT2D eigenvalue weighted by molar-refractivity contribution is -0.402. The Morgan fingerprint density at radius 2 is 0.556 bits per heavy atom. The number of nitrogens with zero attached hydrogens (tertiary/aromatic N) is 2. The highest BCUT2D eigenvalue weighted by Gasteiger charge is 2.25. The summed E-state index contributed by atoms with van der Waals surface area (Å²) in [6.45, 7) is 0. The van der Waals surface area contributed by atoms with Crippen LogP contribution in [0.4, 0.5) is 0 Å². The Hall–Kier alpha value is -5.76. The molecular weight excluding hydrogens is 1060 g/mol. The van der Waals surface area contributed by atoms with Gasteiger partial charge in [-0.15, -0.1) is 0 Å². The molecule has 0 bridgehead atoms. The Labute approximate surface area is 408 Å². The number of rotatable bonds is 9. The fourth-order valence-corrected chi connectivity index (χ4v) is 9.68. The van der Waals surface area contributed by atoms with Crippen LogP contribution < -0.4 is 71.3 Å². The summed E-state index contributed by atoms with van der Waals surface area (Å²) >= 11 is 0. The van der Waals surface area contributed by atoms with Crippen LogP contribution in [0.5, 0.6) is 0 Å². The first-order valence-electron chi connectivity index (χ1n) is 19.8. The molecule has 0 saturated heterocycles. The van der Waals surface area contributed by atoms with E-state index in [1.54, 1.807) is 12.4 Å². The molecule has 0 saturated carbocycles. The van der Waals surface area contributed by atoms with Crippen LogP contribution in [0.3, 0.4) is 0 Å². The van der Waals surface area contributed by atoms with Crippen molar-refractivity contribution in [3.8, 4) is 34.2 Å². The standard InChI is InChI=1S/3C10H8N2.2C6H9O9P3/c3*1-3-7-11-9(5-1)10-6-2-4-8-12-10;2*7-16(8,9)4-1-5(17(10,11)12)3-6(2-4)18(13,14)15/h3*1-8H;2*1-3H,(H2,7,8,9)(H2,10,11,12)(H2,13,14,15). The lowest BCUT2D eigenvalue weighted by Crippen LogP contribution is -2.27. The van der Waals surface area contributed by atoms with E-state index in [4.69, 9.17) is 39.1 Å². The Morgan fingerprint density at radius 3 is 0.750 bits per heavy atom. The van der Waals surface area contributed by atoms with Gasteiger partial charge >= 0.3 is 15.2 Å². The van der Waals surface area contributed by atoms with Gasteiger partial charge in [-0.3, -0.25) is 9.13 Å². The van der Waals surface area contributed by atoms with Crippen molar-refractivity contribution in [3.63, 3.8) is 0 Å². The molecule has 6 heterocycles. The van der Waals surface area contributed by atoms with Gasteiger partial charge in [-0.25, -0.2) is 29.9 Å². The molecule has 30 heteroatoms. The van der Waals surface area contributed by atoms with Gasteiger partial charge in [0.25, 0.3) is 11.4 Å². The monoisotopic (exact) mass is 1100 g/mol. The van der Waals surface area contributed by atoms with E-state index < -0.39 is 77.4 Å². The highest BCUT2D eigenvalue weighted by atomic mass is 31.2. The molecule has 2 aromatic carbocycles. The maximum Gasteiger partial charge on any atom is 0.356 e. The van der Waals surface area contributed by atoms with E-state index in [1.165, 1.54) is 0 Å². The predicted octanol–water partition coefficient (Wildman–Crippen LogP) is -2.23. The molecule has 4 unspecified atom stereocenters. The molecule has 0 radical (unpaired) electrons. The van der Waals surface area contributed by atoms with Crippen molar-refractivity contribution in [2.75, 3.05) is 0 Å². The zero-order chi connectivity index (χ0) is 53.4. The minimum Gasteiger partial charge on any atom is -0.775 e. The van der Waals surface area contributed by atoms with Gasteiger partial charge in [0.05, 0.1) is 10.6 Å². The smallest absolute Gasteiger partial charge is 0.356 e. The van der Waals surface area contributed by atoms with Crippen LogP contribution in [-0.4, -0.2) is 49.1 Å². The molecule has 8 aromatic rings. The minimum absolute atomic E-state index is 0.390. The van der Waals surface area contributed by atoms with Gasteiger partial charge in [0, 0.05) is 82.1 Å². The van der Waals surface area contributed by atoms with E-state index in [-0.39, 0.29) is 0 Å². The molecule has 6 aromatic heterocycles. The number of benzene rings is 2. The normalized spacial score (nSPS) is 14.3. The molecule has 72 heavy (non-hydrogen) atoms. The number of H-pyrrole nitrogens is 4. The molecule has 4 atom stereocenters. The van der Waals surface area contributed by atoms with Crippen LogP contribution in [-0.2, 0) is 27.4 Å². The van der Waals surface area contributed by atoms with Gasteiger partial charge < -0.3 is 77.0 Å². The topological polar surface area (TPSA) is 439 Å². The third-order valence-electron chi connectivity index (χ3n) is 8.76. The van der Waals surface area contributed by atoms with Crippen LogP contribution >= 0.6 is 45.6 Å². The van der Waals surface area contributed by atoms with Gasteiger partial charge in [0.15, 0.2) is 55.2 Å². The lowest BCUT2D eigenvalue weighted by Gasteiger charge is -2.22. The molecule has 0 aliphatic carbocycles. The summed E-state index contributed by atoms with van der Waals surface area (Å²) in [5.74, 6) is 0. The zero-order valence-electron chi connectivity index (χ0n) is 36.6. The first kappa shape index (κ1) is 58.8. The average Bonchev–Trinajstić information content (AvgIpc) is 3.34. The van der Waals surface area contributed by atoms with Gasteiger partial charge in [-0.1, -0.05) is 12.1 Å². The minimum atomic E-state index is -5.18. The Morgan fingerprint density at radius 1 is 0.319 bits per heavy atom. The van der Waals surface area contributed by atoms with E-state index in [0.29, 0.717) is 36.4 Å². The molecule has 12 N–H and O–H groups in total. The number of aromatic amines is 4. The van der Waals surface area contributed by atoms with E-state index in [0.717, 1.165) is 34.2 Å². The quantitative estimate of drug-likeness (QED) is 0.0709. The predicted molar refractivity (Wildman–Crippen MR) is 252 cm³/mol. The number of pyridine rings is 6. The third-order valence-corrected chi connectivity index (χ3v) is 14.3. The van der Waals surface area contributed by atoms with Gasteiger partial charge in [-0.05, 0) is 84.9 Å². The van der Waals surface area contributed by atoms with E-state index in [2.05, 4.69) is 29.9 Å². The van der Waals surface area contributed by atoms with E-state index in [1.807, 2.05) is 134 Å². The van der Waals surface area contributed by atoms with Crippen molar-refractivity contribution < 1.29 is 106 Å². The van der Waals surface area contributed by atoms with Crippen LogP contribution in [0.1, 0.15) is 0 Å². The second-order valence-electron chi connectivity index (χ2n) is 14.1. The molecule has 0 aliphatic rings. The van der Waals surface area contributed by atoms with Crippen molar-refractivity contribution in [1.82, 2.24) is 9.97 Å². The first-order valence-corrected chi connectivity index (χ1v) is 29.4. The molecule has 0 fully saturated rings. The Kier molecular flexibility index (Phi) is 21.0. The summed E-state index contributed by atoms with van der Waals surface area (Å²) in [5, 5.41) is -6.01. The van der Waals surface area contributed by atoms with Crippen molar-refractivity contribution in [1.29, 1.82) is 0 Å². The molecule has 24 nitrogen and oxygen atoms in total. The molecule has 0 amide bonds. The van der Waals surface area contributed by atoms with Crippen LogP contribution in [0.2, 0.25) is 0 Å². The van der Waals surface area contributed by atoms with Crippen LogP contribution in [0, 0.1) is 0 Å². The number of aromatic nitrogens is 6. The average molecular weight is 1100 g/mol. The van der Waals surface area contributed by atoms with Crippen LogP contribution in [0.15, 0.2) is 183 Å². The summed E-state index contributed by atoms with van der Waals surface area (Å²) in [7, 11) is -30.6. The van der Waals surface area contributed by atoms with E-state index >= 15 is 0 Å². The number of hydrogen-bond donors (Lipinski definition) is 8. The fourth-order valence-electron chi connectivity index (χ4n) is 5.42. The molecule has 0 aliphatic heterocycles. The largest absolute Gasteiger partial charge is 0.775 e. The molecule has 0 spiro atoms. The lowest BCUT2D eigenvalue weighted by atomic mass is 10.2. The molecule has 8 rings (SSSR count). The zero-order valence-corrected chi connectivity index (χ0v) is 41.9.